The molecule has 0 amide bonds. The fourth-order valence-corrected chi connectivity index (χ4v) is 2.41. The van der Waals surface area contributed by atoms with E-state index >= 15 is 0 Å². The van der Waals surface area contributed by atoms with E-state index in [1.54, 1.807) is 0 Å². The molecule has 1 aromatic carbocycles. The second-order valence-electron chi connectivity index (χ2n) is 6.96. The summed E-state index contributed by atoms with van der Waals surface area (Å²) >= 11 is 0. The minimum atomic E-state index is -8.39. The first-order valence-electron chi connectivity index (χ1n) is 8.58. The lowest BCUT2D eigenvalue weighted by Gasteiger charge is -2.41. The lowest BCUT2D eigenvalue weighted by molar-refractivity contribution is -0.453. The predicted octanol–water partition coefficient (Wildman–Crippen LogP) is 6.41. The van der Waals surface area contributed by atoms with Crippen molar-refractivity contribution in [2.24, 2.45) is 0 Å². The summed E-state index contributed by atoms with van der Waals surface area (Å²) in [5, 5.41) is 9.59. The van der Waals surface area contributed by atoms with Gasteiger partial charge in [0.25, 0.3) is 0 Å². The van der Waals surface area contributed by atoms with Crippen molar-refractivity contribution in [1.82, 2.24) is 0 Å². The molecule has 202 valence electrons. The monoisotopic (exact) mass is 548 g/mol. The topological polar surface area (TPSA) is 46.5 Å². The third kappa shape index (κ3) is 4.97. The number of carbonyl (C=O) groups is 1. The first kappa shape index (κ1) is 30.6. The number of carbonyl (C=O) groups excluding carboxylic acids is 1. The van der Waals surface area contributed by atoms with Crippen molar-refractivity contribution < 1.29 is 80.5 Å². The molecule has 0 aliphatic carbocycles. The van der Waals surface area contributed by atoms with Crippen LogP contribution in [0.25, 0.3) is 0 Å². The van der Waals surface area contributed by atoms with E-state index in [9.17, 15) is 75.8 Å². The van der Waals surface area contributed by atoms with Gasteiger partial charge < -0.3 is 9.84 Å². The fraction of sp³-hybridized carbons (Fsp3) is 0.588. The Morgan fingerprint density at radius 2 is 1.09 bits per heavy atom. The van der Waals surface area contributed by atoms with Crippen LogP contribution >= 0.6 is 0 Å². The van der Waals surface area contributed by atoms with Crippen LogP contribution in [0.3, 0.4) is 0 Å². The van der Waals surface area contributed by atoms with E-state index in [1.807, 2.05) is 0 Å². The smallest absolute Gasteiger partial charge is 0.427 e. The van der Waals surface area contributed by atoms with Crippen LogP contribution in [0, 0.1) is 0 Å². The van der Waals surface area contributed by atoms with Crippen LogP contribution in [-0.2, 0) is 4.79 Å². The van der Waals surface area contributed by atoms with E-state index in [1.165, 1.54) is 0 Å². The summed E-state index contributed by atoms with van der Waals surface area (Å²) in [6, 6.07) is 2.72. The Bertz CT molecular complexity index is 906. The molecule has 0 bridgehead atoms. The molecule has 1 N–H and O–H groups in total. The molecule has 18 heteroatoms. The number of aliphatic hydroxyl groups is 1. The van der Waals surface area contributed by atoms with E-state index < -0.39 is 65.8 Å². The Morgan fingerprint density at radius 1 is 0.714 bits per heavy atom. The van der Waals surface area contributed by atoms with Gasteiger partial charge in [0.2, 0.25) is 0 Å². The molecule has 1 aromatic rings. The highest BCUT2D eigenvalue weighted by atomic mass is 19.4. The van der Waals surface area contributed by atoms with Gasteiger partial charge in [-0.05, 0) is 17.7 Å². The van der Waals surface area contributed by atoms with Crippen molar-refractivity contribution in [3.05, 3.63) is 29.8 Å². The molecule has 0 saturated heterocycles. The van der Waals surface area contributed by atoms with Gasteiger partial charge in [0, 0.05) is 13.3 Å². The van der Waals surface area contributed by atoms with Gasteiger partial charge in [0.1, 0.15) is 5.75 Å². The number of esters is 1. The normalized spacial score (nSPS) is 15.7. The lowest BCUT2D eigenvalue weighted by Crippen LogP contribution is -2.72. The molecule has 35 heavy (non-hydrogen) atoms. The molecule has 1 unspecified atom stereocenters. The van der Waals surface area contributed by atoms with Crippen molar-refractivity contribution in [2.75, 3.05) is 0 Å². The average molecular weight is 548 g/mol. The summed E-state index contributed by atoms with van der Waals surface area (Å²) in [6.07, 6.45) is -13.5. The maximum Gasteiger partial charge on any atom is 0.460 e. The van der Waals surface area contributed by atoms with E-state index in [-0.39, 0.29) is 5.75 Å². The number of hydrogen-bond acceptors (Lipinski definition) is 3. The Kier molecular flexibility index (Phi) is 7.81. The molecular weight excluding hydrogens is 537 g/mol. The zero-order valence-corrected chi connectivity index (χ0v) is 16.5. The fourth-order valence-electron chi connectivity index (χ4n) is 2.41. The number of aliphatic hydroxyl groups excluding tert-OH is 1. The number of ether oxygens (including phenoxy) is 1. The predicted molar refractivity (Wildman–Crippen MR) is 83.1 cm³/mol. The van der Waals surface area contributed by atoms with Gasteiger partial charge in [-0.25, -0.2) is 0 Å². The molecule has 1 rings (SSSR count). The van der Waals surface area contributed by atoms with E-state index in [2.05, 4.69) is 4.74 Å². The molecule has 0 fully saturated rings. The molecule has 0 aliphatic rings. The van der Waals surface area contributed by atoms with Crippen LogP contribution in [0.15, 0.2) is 24.3 Å². The maximum atomic E-state index is 13.9. The third-order valence-corrected chi connectivity index (χ3v) is 4.37. The second kappa shape index (κ2) is 8.92. The molecule has 3 nitrogen and oxygen atoms in total. The third-order valence-electron chi connectivity index (χ3n) is 4.37. The summed E-state index contributed by atoms with van der Waals surface area (Å²) in [5.74, 6) is -48.5. The lowest BCUT2D eigenvalue weighted by atomic mass is 9.88. The molecular formula is C17H11F15O3. The SMILES string of the molecule is CC(=O)Oc1ccc(C(O)CC(F)(F)C(F)(F)C(F)(F)C(F)(F)C(F)(F)C(F)(F)C(F)(F)F)cc1. The van der Waals surface area contributed by atoms with Gasteiger partial charge in [-0.3, -0.25) is 4.79 Å². The minimum Gasteiger partial charge on any atom is -0.427 e. The van der Waals surface area contributed by atoms with Crippen LogP contribution in [-0.4, -0.2) is 52.8 Å². The van der Waals surface area contributed by atoms with Crippen molar-refractivity contribution in [3.63, 3.8) is 0 Å². The van der Waals surface area contributed by atoms with Crippen LogP contribution in [0.5, 0.6) is 5.75 Å². The summed E-state index contributed by atoms with van der Waals surface area (Å²) in [7, 11) is 0. The summed E-state index contributed by atoms with van der Waals surface area (Å²) in [6.45, 7) is 0.912. The minimum absolute atomic E-state index is 0.301. The zero-order valence-electron chi connectivity index (χ0n) is 16.5. The summed E-state index contributed by atoms with van der Waals surface area (Å²) in [5.41, 5.74) is -0.819. The van der Waals surface area contributed by atoms with Crippen LogP contribution in [0.4, 0.5) is 65.9 Å². The number of rotatable bonds is 9. The molecule has 0 heterocycles. The number of halogens is 15. The highest BCUT2D eigenvalue weighted by molar-refractivity contribution is 5.69. The molecule has 1 atom stereocenters. The number of alkyl halides is 15. The Labute approximate surface area is 184 Å². The largest absolute Gasteiger partial charge is 0.460 e. The van der Waals surface area contributed by atoms with Gasteiger partial charge in [-0.15, -0.1) is 0 Å². The first-order valence-corrected chi connectivity index (χ1v) is 8.58. The molecule has 0 aliphatic heterocycles. The maximum absolute atomic E-state index is 13.9. The van der Waals surface area contributed by atoms with Crippen LogP contribution in [0.2, 0.25) is 0 Å². The standard InChI is InChI=1S/C17H11F15O3/c1-7(33)35-9-4-2-8(3-5-9)10(34)6-11(18,19)12(20,21)13(22,23)14(24,25)15(26,27)16(28,29)17(30,31)32/h2-5,10,34H,6H2,1H3. The van der Waals surface area contributed by atoms with Crippen molar-refractivity contribution in [1.29, 1.82) is 0 Å². The van der Waals surface area contributed by atoms with Crippen LogP contribution in [0.1, 0.15) is 25.0 Å². The quantitative estimate of drug-likeness (QED) is 0.221. The van der Waals surface area contributed by atoms with Gasteiger partial charge >= 0.3 is 47.7 Å². The van der Waals surface area contributed by atoms with Gasteiger partial charge in [0.05, 0.1) is 6.10 Å². The van der Waals surface area contributed by atoms with Crippen molar-refractivity contribution in [2.45, 2.75) is 61.2 Å². The Morgan fingerprint density at radius 3 is 1.46 bits per heavy atom. The number of hydrogen-bond donors (Lipinski definition) is 1. The van der Waals surface area contributed by atoms with Crippen molar-refractivity contribution >= 4 is 5.97 Å². The molecule has 0 saturated carbocycles. The zero-order chi connectivity index (χ0) is 28.1. The van der Waals surface area contributed by atoms with E-state index in [0.717, 1.165) is 19.1 Å². The molecule has 0 radical (unpaired) electrons. The highest BCUT2D eigenvalue weighted by Crippen LogP contribution is 2.63. The first-order chi connectivity index (χ1) is 15.3. The van der Waals surface area contributed by atoms with Crippen molar-refractivity contribution in [3.8, 4) is 5.75 Å². The summed E-state index contributed by atoms with van der Waals surface area (Å²) in [4.78, 5) is 10.7. The average Bonchev–Trinajstić information content (AvgIpc) is 2.66. The van der Waals surface area contributed by atoms with E-state index in [4.69, 9.17) is 0 Å². The van der Waals surface area contributed by atoms with E-state index in [0.29, 0.717) is 12.1 Å². The van der Waals surface area contributed by atoms with Crippen LogP contribution < -0.4 is 4.74 Å². The Hall–Kier alpha value is -2.40. The second-order valence-corrected chi connectivity index (χ2v) is 6.96. The molecule has 0 aromatic heterocycles. The van der Waals surface area contributed by atoms with Gasteiger partial charge in [0.15, 0.2) is 0 Å². The summed E-state index contributed by atoms with van der Waals surface area (Å²) < 4.78 is 202. The highest BCUT2D eigenvalue weighted by Gasteiger charge is 2.93. The molecule has 0 spiro atoms. The number of benzene rings is 1. The van der Waals surface area contributed by atoms with Gasteiger partial charge in [-0.2, -0.15) is 65.9 Å². The Balaban J connectivity index is 3.36. The van der Waals surface area contributed by atoms with Gasteiger partial charge in [-0.1, -0.05) is 12.1 Å².